The zero-order valence-electron chi connectivity index (χ0n) is 17.5. The number of amides is 1. The highest BCUT2D eigenvalue weighted by atomic mass is 35.5. The van der Waals surface area contributed by atoms with Crippen molar-refractivity contribution >= 4 is 23.2 Å². The lowest BCUT2D eigenvalue weighted by molar-refractivity contribution is 0.102. The van der Waals surface area contributed by atoms with Crippen molar-refractivity contribution in [3.8, 4) is 11.5 Å². The molecule has 4 aromatic rings. The molecule has 0 saturated heterocycles. The normalized spacial score (nSPS) is 10.6. The van der Waals surface area contributed by atoms with E-state index in [9.17, 15) is 4.79 Å². The Morgan fingerprint density at radius 2 is 1.78 bits per heavy atom. The molecule has 6 nitrogen and oxygen atoms in total. The number of ether oxygens (including phenoxy) is 2. The average Bonchev–Trinajstić information content (AvgIpc) is 3.24. The summed E-state index contributed by atoms with van der Waals surface area (Å²) in [6.07, 6.45) is 3.42. The SMILES string of the molecule is COc1cccc(Cn2cc(NC(=O)c3cccc(COc4cccc(Cl)c4)c3)cn2)c1. The number of anilines is 1. The Morgan fingerprint density at radius 1 is 1.00 bits per heavy atom. The van der Waals surface area contributed by atoms with E-state index in [2.05, 4.69) is 10.4 Å². The van der Waals surface area contributed by atoms with Crippen molar-refractivity contribution < 1.29 is 14.3 Å². The summed E-state index contributed by atoms with van der Waals surface area (Å²) < 4.78 is 12.8. The molecule has 7 heteroatoms. The third-order valence-corrected chi connectivity index (χ3v) is 5.00. The summed E-state index contributed by atoms with van der Waals surface area (Å²) in [5.74, 6) is 1.26. The van der Waals surface area contributed by atoms with Gasteiger partial charge >= 0.3 is 0 Å². The van der Waals surface area contributed by atoms with Crippen LogP contribution in [0, 0.1) is 0 Å². The summed E-state index contributed by atoms with van der Waals surface area (Å²) in [5, 5.41) is 7.84. The Kier molecular flexibility index (Phi) is 6.72. The maximum absolute atomic E-state index is 12.7. The number of nitrogens with zero attached hydrogens (tertiary/aromatic N) is 2. The van der Waals surface area contributed by atoms with Crippen LogP contribution in [0.5, 0.6) is 11.5 Å². The molecule has 0 unspecified atom stereocenters. The van der Waals surface area contributed by atoms with Crippen molar-refractivity contribution in [3.63, 3.8) is 0 Å². The highest BCUT2D eigenvalue weighted by Crippen LogP contribution is 2.19. The quantitative estimate of drug-likeness (QED) is 0.391. The van der Waals surface area contributed by atoms with Crippen LogP contribution in [0.3, 0.4) is 0 Å². The Morgan fingerprint density at radius 3 is 2.62 bits per heavy atom. The molecule has 0 spiro atoms. The molecule has 3 aromatic carbocycles. The molecule has 0 aliphatic heterocycles. The minimum absolute atomic E-state index is 0.212. The molecular formula is C25H22ClN3O3. The molecule has 1 N–H and O–H groups in total. The number of rotatable bonds is 8. The van der Waals surface area contributed by atoms with E-state index in [1.54, 1.807) is 48.5 Å². The summed E-state index contributed by atoms with van der Waals surface area (Å²) in [7, 11) is 1.64. The van der Waals surface area contributed by atoms with E-state index >= 15 is 0 Å². The molecule has 0 aliphatic rings. The van der Waals surface area contributed by atoms with E-state index in [1.165, 1.54) is 0 Å². The standard InChI is InChI=1S/C25H22ClN3O3/c1-31-23-9-3-5-18(12-23)15-29-16-22(14-27-29)28-25(30)20-7-2-6-19(11-20)17-32-24-10-4-8-21(26)13-24/h2-14,16H,15,17H2,1H3,(H,28,30). The maximum atomic E-state index is 12.7. The van der Waals surface area contributed by atoms with Gasteiger partial charge in [-0.25, -0.2) is 0 Å². The Labute approximate surface area is 191 Å². The number of aromatic nitrogens is 2. The van der Waals surface area contributed by atoms with E-state index in [1.807, 2.05) is 48.5 Å². The van der Waals surface area contributed by atoms with Crippen LogP contribution in [0.1, 0.15) is 21.5 Å². The molecule has 1 amide bonds. The minimum atomic E-state index is -0.212. The molecule has 0 saturated carbocycles. The second kappa shape index (κ2) is 10.0. The minimum Gasteiger partial charge on any atom is -0.497 e. The number of methoxy groups -OCH3 is 1. The molecule has 1 aromatic heterocycles. The molecule has 0 aliphatic carbocycles. The third kappa shape index (κ3) is 5.68. The van der Waals surface area contributed by atoms with Gasteiger partial charge in [0, 0.05) is 16.8 Å². The second-order valence-electron chi connectivity index (χ2n) is 7.18. The number of carbonyl (C=O) groups excluding carboxylic acids is 1. The summed E-state index contributed by atoms with van der Waals surface area (Å²) >= 11 is 5.99. The van der Waals surface area contributed by atoms with Crippen molar-refractivity contribution in [1.29, 1.82) is 0 Å². The largest absolute Gasteiger partial charge is 0.497 e. The molecular weight excluding hydrogens is 426 g/mol. The molecule has 0 fully saturated rings. The van der Waals surface area contributed by atoms with E-state index < -0.39 is 0 Å². The lowest BCUT2D eigenvalue weighted by atomic mass is 10.1. The second-order valence-corrected chi connectivity index (χ2v) is 7.62. The van der Waals surface area contributed by atoms with Gasteiger partial charge in [0.15, 0.2) is 0 Å². The Balaban J connectivity index is 1.37. The van der Waals surface area contributed by atoms with Crippen molar-refractivity contribution in [2.75, 3.05) is 12.4 Å². The van der Waals surface area contributed by atoms with Crippen LogP contribution < -0.4 is 14.8 Å². The molecule has 4 rings (SSSR count). The van der Waals surface area contributed by atoms with E-state index in [0.717, 1.165) is 16.9 Å². The first-order chi connectivity index (χ1) is 15.6. The van der Waals surface area contributed by atoms with Crippen LogP contribution in [-0.2, 0) is 13.2 Å². The van der Waals surface area contributed by atoms with Crippen LogP contribution >= 0.6 is 11.6 Å². The van der Waals surface area contributed by atoms with E-state index in [0.29, 0.717) is 35.2 Å². The average molecular weight is 448 g/mol. The zero-order chi connectivity index (χ0) is 22.3. The first kappa shape index (κ1) is 21.5. The fourth-order valence-corrected chi connectivity index (χ4v) is 3.38. The van der Waals surface area contributed by atoms with Gasteiger partial charge in [0.2, 0.25) is 0 Å². The fourth-order valence-electron chi connectivity index (χ4n) is 3.20. The van der Waals surface area contributed by atoms with Gasteiger partial charge in [-0.15, -0.1) is 0 Å². The summed E-state index contributed by atoms with van der Waals surface area (Å²) in [6.45, 7) is 0.906. The maximum Gasteiger partial charge on any atom is 0.255 e. The zero-order valence-corrected chi connectivity index (χ0v) is 18.3. The van der Waals surface area contributed by atoms with Crippen molar-refractivity contribution in [2.45, 2.75) is 13.2 Å². The molecule has 32 heavy (non-hydrogen) atoms. The van der Waals surface area contributed by atoms with Crippen LogP contribution in [0.25, 0.3) is 0 Å². The van der Waals surface area contributed by atoms with Crippen LogP contribution in [0.15, 0.2) is 85.2 Å². The molecule has 1 heterocycles. The highest BCUT2D eigenvalue weighted by Gasteiger charge is 2.09. The van der Waals surface area contributed by atoms with Gasteiger partial charge in [-0.3, -0.25) is 9.48 Å². The van der Waals surface area contributed by atoms with Gasteiger partial charge in [-0.2, -0.15) is 5.10 Å². The highest BCUT2D eigenvalue weighted by molar-refractivity contribution is 6.30. The van der Waals surface area contributed by atoms with E-state index in [4.69, 9.17) is 21.1 Å². The lowest BCUT2D eigenvalue weighted by Gasteiger charge is -2.08. The van der Waals surface area contributed by atoms with Gasteiger partial charge in [-0.05, 0) is 53.6 Å². The summed E-state index contributed by atoms with van der Waals surface area (Å²) in [6, 6.07) is 22.3. The first-order valence-corrected chi connectivity index (χ1v) is 10.4. The predicted molar refractivity (Wildman–Crippen MR) is 125 cm³/mol. The van der Waals surface area contributed by atoms with E-state index in [-0.39, 0.29) is 5.91 Å². The predicted octanol–water partition coefficient (Wildman–Crippen LogP) is 5.42. The van der Waals surface area contributed by atoms with Gasteiger partial charge in [0.05, 0.1) is 25.5 Å². The van der Waals surface area contributed by atoms with Crippen LogP contribution in [0.4, 0.5) is 5.69 Å². The Hall–Kier alpha value is -3.77. The smallest absolute Gasteiger partial charge is 0.255 e. The van der Waals surface area contributed by atoms with Crippen molar-refractivity contribution in [1.82, 2.24) is 9.78 Å². The summed E-state index contributed by atoms with van der Waals surface area (Å²) in [5.41, 5.74) is 3.10. The molecule has 0 radical (unpaired) electrons. The van der Waals surface area contributed by atoms with Crippen LogP contribution in [-0.4, -0.2) is 22.8 Å². The van der Waals surface area contributed by atoms with Gasteiger partial charge in [0.1, 0.15) is 18.1 Å². The molecule has 0 atom stereocenters. The molecule has 0 bridgehead atoms. The number of benzene rings is 3. The number of carbonyl (C=O) groups is 1. The van der Waals surface area contributed by atoms with Crippen molar-refractivity contribution in [2.24, 2.45) is 0 Å². The van der Waals surface area contributed by atoms with Gasteiger partial charge in [-0.1, -0.05) is 41.9 Å². The molecule has 162 valence electrons. The topological polar surface area (TPSA) is 65.4 Å². The number of halogens is 1. The van der Waals surface area contributed by atoms with Gasteiger partial charge in [0.25, 0.3) is 5.91 Å². The monoisotopic (exact) mass is 447 g/mol. The fraction of sp³-hybridized carbons (Fsp3) is 0.120. The Bertz CT molecular complexity index is 1220. The third-order valence-electron chi connectivity index (χ3n) is 4.76. The van der Waals surface area contributed by atoms with Gasteiger partial charge < -0.3 is 14.8 Å². The lowest BCUT2D eigenvalue weighted by Crippen LogP contribution is -2.12. The summed E-state index contributed by atoms with van der Waals surface area (Å²) in [4.78, 5) is 12.7. The number of hydrogen-bond acceptors (Lipinski definition) is 4. The number of nitrogens with one attached hydrogen (secondary N) is 1. The van der Waals surface area contributed by atoms with Crippen LogP contribution in [0.2, 0.25) is 5.02 Å². The van der Waals surface area contributed by atoms with Crippen molar-refractivity contribution in [3.05, 3.63) is 107 Å². The number of hydrogen-bond donors (Lipinski definition) is 1. The first-order valence-electron chi connectivity index (χ1n) is 10.0.